The Morgan fingerprint density at radius 2 is 2.15 bits per heavy atom. The molecule has 0 aromatic carbocycles. The number of oxime groups is 1. The van der Waals surface area contributed by atoms with Crippen molar-refractivity contribution in [3.05, 3.63) is 0 Å². The Hall–Kier alpha value is -1.30. The van der Waals surface area contributed by atoms with Crippen LogP contribution in [0.1, 0.15) is 38.5 Å². The van der Waals surface area contributed by atoms with Gasteiger partial charge in [0.15, 0.2) is 5.84 Å². The van der Waals surface area contributed by atoms with Crippen LogP contribution in [0.4, 0.5) is 0 Å². The van der Waals surface area contributed by atoms with Crippen molar-refractivity contribution in [3.8, 4) is 0 Å². The van der Waals surface area contributed by atoms with Gasteiger partial charge in [0.25, 0.3) is 0 Å². The maximum absolute atomic E-state index is 12.5. The van der Waals surface area contributed by atoms with Gasteiger partial charge < -0.3 is 21.2 Å². The molecule has 0 spiro atoms. The number of nitrogens with one attached hydrogen (secondary N) is 1. The number of piperidine rings is 1. The number of likely N-dealkylation sites (tertiary alicyclic amines) is 1. The van der Waals surface area contributed by atoms with Crippen LogP contribution in [0.5, 0.6) is 0 Å². The average molecular weight is 282 g/mol. The van der Waals surface area contributed by atoms with Crippen molar-refractivity contribution >= 4 is 11.7 Å². The number of nitrogens with two attached hydrogens (primary N) is 1. The van der Waals surface area contributed by atoms with Gasteiger partial charge in [-0.25, -0.2) is 0 Å². The van der Waals surface area contributed by atoms with Crippen molar-refractivity contribution in [2.24, 2.45) is 22.2 Å². The van der Waals surface area contributed by atoms with Crippen molar-refractivity contribution in [1.82, 2.24) is 10.2 Å². The lowest BCUT2D eigenvalue weighted by atomic mass is 9.83. The van der Waals surface area contributed by atoms with Gasteiger partial charge in [0.2, 0.25) is 5.91 Å². The molecular formula is C14H26N4O2. The Balaban J connectivity index is 1.92. The summed E-state index contributed by atoms with van der Waals surface area (Å²) in [6.45, 7) is 2.85. The molecule has 1 amide bonds. The lowest BCUT2D eigenvalue weighted by molar-refractivity contribution is -0.127. The molecule has 1 saturated heterocycles. The number of hydrogen-bond acceptors (Lipinski definition) is 4. The fourth-order valence-electron chi connectivity index (χ4n) is 3.52. The molecule has 1 atom stereocenters. The summed E-state index contributed by atoms with van der Waals surface area (Å²) in [6.07, 6.45) is 5.60. The minimum atomic E-state index is -0.782. The molecule has 2 fully saturated rings. The molecule has 4 N–H and O–H groups in total. The van der Waals surface area contributed by atoms with E-state index in [9.17, 15) is 4.79 Å². The van der Waals surface area contributed by atoms with Crippen molar-refractivity contribution in [1.29, 1.82) is 0 Å². The van der Waals surface area contributed by atoms with E-state index in [4.69, 9.17) is 10.9 Å². The van der Waals surface area contributed by atoms with E-state index in [2.05, 4.69) is 22.4 Å². The average Bonchev–Trinajstić information content (AvgIpc) is 2.95. The zero-order valence-electron chi connectivity index (χ0n) is 12.3. The highest BCUT2D eigenvalue weighted by molar-refractivity contribution is 6.07. The van der Waals surface area contributed by atoms with Crippen molar-refractivity contribution < 1.29 is 10.0 Å². The van der Waals surface area contributed by atoms with Gasteiger partial charge in [0.1, 0.15) is 5.41 Å². The first kappa shape index (κ1) is 15.1. The molecule has 2 aliphatic rings. The molecule has 6 nitrogen and oxygen atoms in total. The SMILES string of the molecule is CN1CCCC(CNC(=O)C2(C(N)=NO)CCCC2)C1. The van der Waals surface area contributed by atoms with Crippen LogP contribution in [-0.2, 0) is 4.79 Å². The molecule has 1 saturated carbocycles. The molecule has 1 heterocycles. The monoisotopic (exact) mass is 282 g/mol. The van der Waals surface area contributed by atoms with Gasteiger partial charge in [-0.05, 0) is 45.2 Å². The Bertz CT molecular complexity index is 377. The summed E-state index contributed by atoms with van der Waals surface area (Å²) < 4.78 is 0. The summed E-state index contributed by atoms with van der Waals surface area (Å²) in [7, 11) is 2.11. The predicted molar refractivity (Wildman–Crippen MR) is 77.5 cm³/mol. The second-order valence-electron chi connectivity index (χ2n) is 6.25. The summed E-state index contributed by atoms with van der Waals surface area (Å²) in [6, 6.07) is 0. The lowest BCUT2D eigenvalue weighted by Crippen LogP contribution is -2.50. The second-order valence-corrected chi connectivity index (χ2v) is 6.25. The van der Waals surface area contributed by atoms with Crippen LogP contribution >= 0.6 is 0 Å². The zero-order chi connectivity index (χ0) is 14.6. The summed E-state index contributed by atoms with van der Waals surface area (Å²) in [5, 5.41) is 15.1. The number of hydrogen-bond donors (Lipinski definition) is 3. The Morgan fingerprint density at radius 1 is 1.45 bits per heavy atom. The highest BCUT2D eigenvalue weighted by atomic mass is 16.4. The topological polar surface area (TPSA) is 91.0 Å². The smallest absolute Gasteiger partial charge is 0.233 e. The van der Waals surface area contributed by atoms with E-state index in [1.807, 2.05) is 0 Å². The number of amides is 1. The normalized spacial score (nSPS) is 27.4. The van der Waals surface area contributed by atoms with E-state index in [1.54, 1.807) is 0 Å². The largest absolute Gasteiger partial charge is 0.409 e. The fourth-order valence-corrected chi connectivity index (χ4v) is 3.52. The van der Waals surface area contributed by atoms with Crippen LogP contribution in [0.15, 0.2) is 5.16 Å². The molecule has 1 unspecified atom stereocenters. The van der Waals surface area contributed by atoms with E-state index in [-0.39, 0.29) is 11.7 Å². The molecule has 0 bridgehead atoms. The molecule has 0 radical (unpaired) electrons. The van der Waals surface area contributed by atoms with Crippen LogP contribution in [0.25, 0.3) is 0 Å². The van der Waals surface area contributed by atoms with Crippen LogP contribution < -0.4 is 11.1 Å². The Kier molecular flexibility index (Phi) is 4.86. The van der Waals surface area contributed by atoms with Gasteiger partial charge in [0.05, 0.1) is 0 Å². The number of amidine groups is 1. The van der Waals surface area contributed by atoms with E-state index in [0.29, 0.717) is 25.3 Å². The minimum absolute atomic E-state index is 0.0632. The maximum Gasteiger partial charge on any atom is 0.233 e. The fraction of sp³-hybridized carbons (Fsp3) is 0.857. The van der Waals surface area contributed by atoms with Gasteiger partial charge in [0, 0.05) is 13.1 Å². The minimum Gasteiger partial charge on any atom is -0.409 e. The maximum atomic E-state index is 12.5. The lowest BCUT2D eigenvalue weighted by Gasteiger charge is -2.31. The zero-order valence-corrected chi connectivity index (χ0v) is 12.3. The van der Waals surface area contributed by atoms with Crippen molar-refractivity contribution in [2.45, 2.75) is 38.5 Å². The number of carbonyl (C=O) groups excluding carboxylic acids is 1. The molecule has 0 aromatic heterocycles. The number of rotatable bonds is 4. The third-order valence-electron chi connectivity index (χ3n) is 4.76. The molecule has 6 heteroatoms. The highest BCUT2D eigenvalue weighted by Crippen LogP contribution is 2.38. The van der Waals surface area contributed by atoms with Crippen LogP contribution in [0.3, 0.4) is 0 Å². The third-order valence-corrected chi connectivity index (χ3v) is 4.76. The van der Waals surface area contributed by atoms with Crippen LogP contribution in [-0.4, -0.2) is 48.5 Å². The van der Waals surface area contributed by atoms with E-state index < -0.39 is 5.41 Å². The van der Waals surface area contributed by atoms with E-state index in [0.717, 1.165) is 32.4 Å². The first-order valence-electron chi connectivity index (χ1n) is 7.53. The Morgan fingerprint density at radius 3 is 2.75 bits per heavy atom. The predicted octanol–water partition coefficient (Wildman–Crippen LogP) is 0.751. The molecule has 1 aliphatic carbocycles. The molecule has 20 heavy (non-hydrogen) atoms. The molecule has 0 aromatic rings. The van der Waals surface area contributed by atoms with Gasteiger partial charge in [-0.1, -0.05) is 18.0 Å². The summed E-state index contributed by atoms with van der Waals surface area (Å²) in [5.41, 5.74) is 4.99. The highest BCUT2D eigenvalue weighted by Gasteiger charge is 2.45. The molecule has 1 aliphatic heterocycles. The van der Waals surface area contributed by atoms with Gasteiger partial charge in [-0.3, -0.25) is 4.79 Å². The van der Waals surface area contributed by atoms with Crippen LogP contribution in [0, 0.1) is 11.3 Å². The first-order chi connectivity index (χ1) is 9.58. The standard InChI is InChI=1S/C14H26N4O2/c1-18-8-4-5-11(10-18)9-16-13(19)14(12(15)17-20)6-2-3-7-14/h11,20H,2-10H2,1H3,(H2,15,17)(H,16,19). The third kappa shape index (κ3) is 3.06. The Labute approximate surface area is 120 Å². The molecular weight excluding hydrogens is 256 g/mol. The van der Waals surface area contributed by atoms with Crippen LogP contribution in [0.2, 0.25) is 0 Å². The second kappa shape index (κ2) is 6.43. The van der Waals surface area contributed by atoms with E-state index >= 15 is 0 Å². The van der Waals surface area contributed by atoms with Gasteiger partial charge >= 0.3 is 0 Å². The number of nitrogens with zero attached hydrogens (tertiary/aromatic N) is 2. The molecule has 114 valence electrons. The first-order valence-corrected chi connectivity index (χ1v) is 7.53. The molecule has 2 rings (SSSR count). The quantitative estimate of drug-likeness (QED) is 0.307. The van der Waals surface area contributed by atoms with Crippen molar-refractivity contribution in [2.75, 3.05) is 26.7 Å². The van der Waals surface area contributed by atoms with Crippen molar-refractivity contribution in [3.63, 3.8) is 0 Å². The summed E-state index contributed by atoms with van der Waals surface area (Å²) in [4.78, 5) is 14.8. The number of carbonyl (C=O) groups is 1. The summed E-state index contributed by atoms with van der Waals surface area (Å²) in [5.74, 6) is 0.496. The van der Waals surface area contributed by atoms with Gasteiger partial charge in [-0.2, -0.15) is 0 Å². The van der Waals surface area contributed by atoms with Gasteiger partial charge in [-0.15, -0.1) is 0 Å². The summed E-state index contributed by atoms with van der Waals surface area (Å²) >= 11 is 0. The van der Waals surface area contributed by atoms with E-state index in [1.165, 1.54) is 6.42 Å².